The van der Waals surface area contributed by atoms with E-state index in [4.69, 9.17) is 55.6 Å². The van der Waals surface area contributed by atoms with Crippen molar-refractivity contribution in [2.75, 3.05) is 20.2 Å². The topological polar surface area (TPSA) is 97.1 Å². The van der Waals surface area contributed by atoms with E-state index in [2.05, 4.69) is 0 Å². The summed E-state index contributed by atoms with van der Waals surface area (Å²) in [6.07, 6.45) is 0. The molecule has 0 unspecified atom stereocenters. The minimum absolute atomic E-state index is 0.0579. The summed E-state index contributed by atoms with van der Waals surface area (Å²) in [6, 6.07) is 8.61. The molecule has 0 bridgehead atoms. The lowest BCUT2D eigenvalue weighted by molar-refractivity contribution is -0.142. The fourth-order valence-electron chi connectivity index (χ4n) is 3.90. The van der Waals surface area contributed by atoms with Gasteiger partial charge in [-0.2, -0.15) is 0 Å². The molecule has 4 rings (SSSR count). The number of rotatable bonds is 5. The number of carbonyl (C=O) groups is 2. The minimum Gasteiger partial charge on any atom is -0.456 e. The molecule has 0 aromatic heterocycles. The Balaban J connectivity index is 2.11. The third kappa shape index (κ3) is 5.74. The van der Waals surface area contributed by atoms with Crippen molar-refractivity contribution in [1.29, 1.82) is 0 Å². The zero-order valence-corrected chi connectivity index (χ0v) is 24.3. The van der Waals surface area contributed by atoms with E-state index >= 15 is 0 Å². The van der Waals surface area contributed by atoms with Crippen LogP contribution in [-0.2, 0) is 4.79 Å². The van der Waals surface area contributed by atoms with Crippen molar-refractivity contribution in [1.82, 2.24) is 4.90 Å². The van der Waals surface area contributed by atoms with Crippen LogP contribution in [0, 0.1) is 5.41 Å². The van der Waals surface area contributed by atoms with E-state index in [1.54, 1.807) is 20.8 Å². The van der Waals surface area contributed by atoms with Crippen LogP contribution in [0.1, 0.15) is 31.1 Å². The van der Waals surface area contributed by atoms with Crippen LogP contribution in [0.5, 0.6) is 5.75 Å². The van der Waals surface area contributed by atoms with Gasteiger partial charge >= 0.3 is 5.97 Å². The SMILES string of the molecule is CN(CCO)C(=O)c1cc(Cl)c(Cl)cc1-c1c2cc(Cl)c(=O)cc-2oc2cc(OC(=O)C(C)(C)C)c(Cl)cc12. The number of ether oxygens (including phenoxy) is 1. The number of aliphatic hydroxyl groups excluding tert-OH is 1. The van der Waals surface area contributed by atoms with Gasteiger partial charge in [0, 0.05) is 47.8 Å². The van der Waals surface area contributed by atoms with Gasteiger partial charge in [-0.25, -0.2) is 0 Å². The van der Waals surface area contributed by atoms with Crippen LogP contribution in [0.3, 0.4) is 0 Å². The zero-order chi connectivity index (χ0) is 28.8. The molecule has 0 spiro atoms. The zero-order valence-electron chi connectivity index (χ0n) is 21.3. The van der Waals surface area contributed by atoms with E-state index in [0.717, 1.165) is 0 Å². The Morgan fingerprint density at radius 1 is 0.923 bits per heavy atom. The van der Waals surface area contributed by atoms with Crippen LogP contribution in [0.2, 0.25) is 20.1 Å². The van der Waals surface area contributed by atoms with Gasteiger partial charge in [0.15, 0.2) is 5.75 Å². The highest BCUT2D eigenvalue weighted by atomic mass is 35.5. The second-order valence-corrected chi connectivity index (χ2v) is 11.6. The molecule has 1 heterocycles. The molecule has 7 nitrogen and oxygen atoms in total. The number of hydrogen-bond donors (Lipinski definition) is 1. The molecule has 1 N–H and O–H groups in total. The van der Waals surface area contributed by atoms with Gasteiger partial charge in [0.05, 0.1) is 32.1 Å². The molecule has 39 heavy (non-hydrogen) atoms. The average Bonchev–Trinajstić information content (AvgIpc) is 2.85. The summed E-state index contributed by atoms with van der Waals surface area (Å²) in [4.78, 5) is 39.8. The standard InChI is InChI=1S/C28H23Cl4NO6/c1-28(2,3)27(37)39-24-12-23-16(10-20(24)32)25(15-9-19(31)21(35)11-22(15)38-23)13-7-17(29)18(30)8-14(13)26(36)33(4)5-6-34/h7-12,34H,5-6H2,1-4H3. The molecule has 2 aromatic rings. The summed E-state index contributed by atoms with van der Waals surface area (Å²) in [5.74, 6) is -0.728. The van der Waals surface area contributed by atoms with Crippen LogP contribution in [0.15, 0.2) is 45.6 Å². The summed E-state index contributed by atoms with van der Waals surface area (Å²) in [6.45, 7) is 4.94. The van der Waals surface area contributed by atoms with Crippen molar-refractivity contribution in [3.8, 4) is 28.2 Å². The number of halogens is 4. The number of aliphatic hydroxyl groups is 1. The summed E-state index contributed by atoms with van der Waals surface area (Å²) < 4.78 is 11.6. The third-order valence-corrected chi connectivity index (χ3v) is 7.30. The summed E-state index contributed by atoms with van der Waals surface area (Å²) in [5.41, 5.74) is 0.316. The lowest BCUT2D eigenvalue weighted by atomic mass is 9.90. The fraction of sp³-hybridized carbons (Fsp3) is 0.250. The Hall–Kier alpha value is -2.81. The number of fused-ring (bicyclic) bond motifs is 2. The first kappa shape index (κ1) is 29.2. The molecule has 2 aliphatic rings. The molecule has 11 heteroatoms. The Bertz CT molecular complexity index is 1660. The number of nitrogens with zero attached hydrogens (tertiary/aromatic N) is 1. The van der Waals surface area contributed by atoms with Crippen LogP contribution in [0.25, 0.3) is 33.4 Å². The van der Waals surface area contributed by atoms with Crippen LogP contribution in [-0.4, -0.2) is 42.1 Å². The number of carbonyl (C=O) groups excluding carboxylic acids is 2. The Morgan fingerprint density at radius 3 is 2.21 bits per heavy atom. The summed E-state index contributed by atoms with van der Waals surface area (Å²) in [7, 11) is 1.54. The smallest absolute Gasteiger partial charge is 0.316 e. The number of benzene rings is 3. The molecule has 0 radical (unpaired) electrons. The maximum atomic E-state index is 13.5. The molecule has 0 saturated carbocycles. The van der Waals surface area contributed by atoms with E-state index in [1.165, 1.54) is 48.3 Å². The van der Waals surface area contributed by atoms with E-state index in [9.17, 15) is 19.5 Å². The molecule has 2 aromatic carbocycles. The molecule has 0 fully saturated rings. The lowest BCUT2D eigenvalue weighted by Gasteiger charge is -2.22. The van der Waals surface area contributed by atoms with E-state index in [1.807, 2.05) is 0 Å². The van der Waals surface area contributed by atoms with Crippen molar-refractivity contribution >= 4 is 69.2 Å². The van der Waals surface area contributed by atoms with Gasteiger partial charge in [-0.05, 0) is 50.6 Å². The number of hydrogen-bond acceptors (Lipinski definition) is 6. The number of amides is 1. The molecule has 204 valence electrons. The quantitative estimate of drug-likeness (QED) is 0.146. The molecule has 1 amide bonds. The van der Waals surface area contributed by atoms with Crippen LogP contribution in [0.4, 0.5) is 0 Å². The maximum absolute atomic E-state index is 13.5. The molecule has 1 aliphatic heterocycles. The molecule has 0 saturated heterocycles. The highest BCUT2D eigenvalue weighted by Gasteiger charge is 2.28. The van der Waals surface area contributed by atoms with Gasteiger partial charge in [-0.1, -0.05) is 46.4 Å². The highest BCUT2D eigenvalue weighted by Crippen LogP contribution is 2.46. The highest BCUT2D eigenvalue weighted by molar-refractivity contribution is 6.42. The largest absolute Gasteiger partial charge is 0.456 e. The van der Waals surface area contributed by atoms with Crippen LogP contribution >= 0.6 is 46.4 Å². The predicted molar refractivity (Wildman–Crippen MR) is 154 cm³/mol. The van der Waals surface area contributed by atoms with E-state index in [0.29, 0.717) is 22.1 Å². The second kappa shape index (κ2) is 11.0. The Kier molecular flexibility index (Phi) is 8.22. The molecular formula is C28H23Cl4NO6. The first-order chi connectivity index (χ1) is 18.2. The van der Waals surface area contributed by atoms with Gasteiger partial charge < -0.3 is 19.2 Å². The first-order valence-electron chi connectivity index (χ1n) is 11.7. The maximum Gasteiger partial charge on any atom is 0.316 e. The Labute approximate surface area is 244 Å². The van der Waals surface area contributed by atoms with Gasteiger partial charge in [-0.15, -0.1) is 0 Å². The van der Waals surface area contributed by atoms with Crippen molar-refractivity contribution < 1.29 is 23.8 Å². The van der Waals surface area contributed by atoms with Crippen molar-refractivity contribution in [2.24, 2.45) is 5.41 Å². The predicted octanol–water partition coefficient (Wildman–Crippen LogP) is 7.19. The van der Waals surface area contributed by atoms with Crippen molar-refractivity contribution in [3.63, 3.8) is 0 Å². The van der Waals surface area contributed by atoms with Crippen molar-refractivity contribution in [2.45, 2.75) is 20.8 Å². The molecule has 0 atom stereocenters. The normalized spacial score (nSPS) is 11.7. The lowest BCUT2D eigenvalue weighted by Crippen LogP contribution is -2.30. The first-order valence-corrected chi connectivity index (χ1v) is 13.2. The summed E-state index contributed by atoms with van der Waals surface area (Å²) >= 11 is 25.5. The van der Waals surface area contributed by atoms with Gasteiger partial charge in [-0.3, -0.25) is 14.4 Å². The number of esters is 1. The van der Waals surface area contributed by atoms with Crippen LogP contribution < -0.4 is 10.2 Å². The fourth-order valence-corrected chi connectivity index (χ4v) is 4.60. The average molecular weight is 611 g/mol. The van der Waals surface area contributed by atoms with E-state index in [-0.39, 0.29) is 55.9 Å². The Morgan fingerprint density at radius 2 is 1.56 bits per heavy atom. The third-order valence-electron chi connectivity index (χ3n) is 5.98. The minimum atomic E-state index is -0.798. The van der Waals surface area contributed by atoms with Gasteiger partial charge in [0.1, 0.15) is 11.3 Å². The van der Waals surface area contributed by atoms with E-state index < -0.39 is 22.7 Å². The monoisotopic (exact) mass is 609 g/mol. The van der Waals surface area contributed by atoms with Crippen molar-refractivity contribution in [3.05, 3.63) is 72.3 Å². The molecule has 1 aliphatic carbocycles. The number of likely N-dealkylation sites (N-methyl/N-ethyl adjacent to an activating group) is 1. The summed E-state index contributed by atoms with van der Waals surface area (Å²) in [5, 5.41) is 10.2. The van der Waals surface area contributed by atoms with Gasteiger partial charge in [0.2, 0.25) is 5.43 Å². The molecular weight excluding hydrogens is 588 g/mol. The second-order valence-electron chi connectivity index (χ2n) is 9.94. The van der Waals surface area contributed by atoms with Gasteiger partial charge in [0.25, 0.3) is 5.91 Å².